The van der Waals surface area contributed by atoms with Crippen molar-refractivity contribution in [3.8, 4) is 11.5 Å². The van der Waals surface area contributed by atoms with Crippen molar-refractivity contribution in [2.24, 2.45) is 7.05 Å². The maximum Gasteiger partial charge on any atom is 0.165 e. The summed E-state index contributed by atoms with van der Waals surface area (Å²) in [4.78, 5) is 2.41. The first-order valence-corrected chi connectivity index (χ1v) is 9.13. The Morgan fingerprint density at radius 3 is 2.65 bits per heavy atom. The molecule has 0 bridgehead atoms. The van der Waals surface area contributed by atoms with E-state index in [2.05, 4.69) is 29.2 Å². The van der Waals surface area contributed by atoms with Gasteiger partial charge in [-0.25, -0.2) is 0 Å². The molecule has 6 nitrogen and oxygen atoms in total. The number of hydrogen-bond donors (Lipinski definition) is 0. The van der Waals surface area contributed by atoms with Gasteiger partial charge in [-0.1, -0.05) is 12.1 Å². The molecular weight excluding hydrogens is 330 g/mol. The first kappa shape index (κ1) is 18.7. The van der Waals surface area contributed by atoms with Gasteiger partial charge >= 0.3 is 0 Å². The molecule has 26 heavy (non-hydrogen) atoms. The zero-order valence-corrected chi connectivity index (χ0v) is 16.2. The van der Waals surface area contributed by atoms with E-state index in [0.717, 1.165) is 61.8 Å². The Labute approximate surface area is 155 Å². The number of ether oxygens (including phenoxy) is 3. The minimum atomic E-state index is 0.295. The lowest BCUT2D eigenvalue weighted by Crippen LogP contribution is -2.31. The minimum absolute atomic E-state index is 0.295. The molecule has 1 saturated heterocycles. The minimum Gasteiger partial charge on any atom is -0.493 e. The summed E-state index contributed by atoms with van der Waals surface area (Å²) in [6, 6.07) is 6.04. The standard InChI is InChI=1S/C20H29N3O3/c1-15-17(11-22(2)21-15)13-23(14-18-8-6-10-26-18)12-16-7-5-9-19(24-3)20(16)25-4/h5,7,9,11,18H,6,8,10,12-14H2,1-4H3/t18-/m1/s1. The third-order valence-electron chi connectivity index (χ3n) is 4.87. The van der Waals surface area contributed by atoms with Gasteiger partial charge < -0.3 is 14.2 Å². The van der Waals surface area contributed by atoms with Gasteiger partial charge in [-0.15, -0.1) is 0 Å². The Morgan fingerprint density at radius 1 is 1.23 bits per heavy atom. The lowest BCUT2D eigenvalue weighted by atomic mass is 10.1. The highest BCUT2D eigenvalue weighted by atomic mass is 16.5. The molecule has 2 heterocycles. The van der Waals surface area contributed by atoms with Gasteiger partial charge in [-0.2, -0.15) is 5.10 Å². The largest absolute Gasteiger partial charge is 0.493 e. The fourth-order valence-corrected chi connectivity index (χ4v) is 3.63. The smallest absolute Gasteiger partial charge is 0.165 e. The quantitative estimate of drug-likeness (QED) is 0.725. The second kappa shape index (κ2) is 8.56. The Morgan fingerprint density at radius 2 is 2.04 bits per heavy atom. The zero-order valence-electron chi connectivity index (χ0n) is 16.2. The van der Waals surface area contributed by atoms with Crippen molar-refractivity contribution < 1.29 is 14.2 Å². The summed E-state index contributed by atoms with van der Waals surface area (Å²) >= 11 is 0. The number of nitrogens with zero attached hydrogens (tertiary/aromatic N) is 3. The predicted molar refractivity (Wildman–Crippen MR) is 101 cm³/mol. The molecule has 0 N–H and O–H groups in total. The second-order valence-electron chi connectivity index (χ2n) is 6.87. The van der Waals surface area contributed by atoms with Crippen molar-refractivity contribution in [3.05, 3.63) is 41.2 Å². The van der Waals surface area contributed by atoms with E-state index < -0.39 is 0 Å². The first-order valence-electron chi connectivity index (χ1n) is 9.13. The molecule has 0 spiro atoms. The summed E-state index contributed by atoms with van der Waals surface area (Å²) in [5.74, 6) is 1.56. The van der Waals surface area contributed by atoms with Crippen LogP contribution in [-0.4, -0.2) is 48.2 Å². The summed E-state index contributed by atoms with van der Waals surface area (Å²) in [6.07, 6.45) is 4.66. The average molecular weight is 359 g/mol. The summed E-state index contributed by atoms with van der Waals surface area (Å²) in [6.45, 7) is 5.43. The van der Waals surface area contributed by atoms with Gasteiger partial charge in [0.05, 0.1) is 26.0 Å². The van der Waals surface area contributed by atoms with E-state index in [4.69, 9.17) is 14.2 Å². The summed E-state index contributed by atoms with van der Waals surface area (Å²) in [7, 11) is 5.33. The van der Waals surface area contributed by atoms with Gasteiger partial charge in [0, 0.05) is 50.6 Å². The van der Waals surface area contributed by atoms with Crippen molar-refractivity contribution in [1.82, 2.24) is 14.7 Å². The molecule has 1 aliphatic rings. The molecule has 0 radical (unpaired) electrons. The first-order chi connectivity index (χ1) is 12.6. The number of hydrogen-bond acceptors (Lipinski definition) is 5. The topological polar surface area (TPSA) is 48.8 Å². The lowest BCUT2D eigenvalue weighted by molar-refractivity contribution is 0.0675. The number of aryl methyl sites for hydroxylation is 2. The molecule has 1 aromatic heterocycles. The van der Waals surface area contributed by atoms with Crippen LogP contribution in [0.5, 0.6) is 11.5 Å². The molecule has 3 rings (SSSR count). The summed E-state index contributed by atoms with van der Waals surface area (Å²) < 4.78 is 18.8. The fourth-order valence-electron chi connectivity index (χ4n) is 3.63. The van der Waals surface area contributed by atoms with Crippen LogP contribution in [0.1, 0.15) is 29.7 Å². The van der Waals surface area contributed by atoms with Gasteiger partial charge in [-0.3, -0.25) is 9.58 Å². The van der Waals surface area contributed by atoms with Crippen molar-refractivity contribution >= 4 is 0 Å². The SMILES string of the molecule is COc1cccc(CN(Cc2cn(C)nc2C)C[C@H]2CCCO2)c1OC. The van der Waals surface area contributed by atoms with E-state index in [1.165, 1.54) is 5.56 Å². The van der Waals surface area contributed by atoms with E-state index in [1.54, 1.807) is 14.2 Å². The maximum atomic E-state index is 5.88. The Balaban J connectivity index is 1.82. The molecule has 0 amide bonds. The van der Waals surface area contributed by atoms with E-state index in [1.807, 2.05) is 23.9 Å². The highest BCUT2D eigenvalue weighted by molar-refractivity contribution is 5.46. The van der Waals surface area contributed by atoms with Crippen LogP contribution in [0, 0.1) is 6.92 Å². The fraction of sp³-hybridized carbons (Fsp3) is 0.550. The van der Waals surface area contributed by atoms with Gasteiger partial charge in [0.2, 0.25) is 0 Å². The molecule has 1 aliphatic heterocycles. The number of para-hydroxylation sites is 1. The molecule has 6 heteroatoms. The van der Waals surface area contributed by atoms with Crippen LogP contribution < -0.4 is 9.47 Å². The van der Waals surface area contributed by atoms with E-state index in [-0.39, 0.29) is 0 Å². The Kier molecular flexibility index (Phi) is 6.16. The number of benzene rings is 1. The molecule has 0 unspecified atom stereocenters. The third kappa shape index (κ3) is 4.37. The van der Waals surface area contributed by atoms with Crippen LogP contribution in [0.25, 0.3) is 0 Å². The zero-order chi connectivity index (χ0) is 18.5. The highest BCUT2D eigenvalue weighted by Gasteiger charge is 2.22. The summed E-state index contributed by atoms with van der Waals surface area (Å²) in [5.41, 5.74) is 3.43. The molecule has 0 saturated carbocycles. The van der Waals surface area contributed by atoms with Crippen molar-refractivity contribution in [2.45, 2.75) is 39.0 Å². The van der Waals surface area contributed by atoms with Crippen LogP contribution in [0.3, 0.4) is 0 Å². The number of methoxy groups -OCH3 is 2. The molecular formula is C20H29N3O3. The third-order valence-corrected chi connectivity index (χ3v) is 4.87. The molecule has 1 atom stereocenters. The van der Waals surface area contributed by atoms with E-state index in [9.17, 15) is 0 Å². The van der Waals surface area contributed by atoms with Crippen molar-refractivity contribution in [2.75, 3.05) is 27.4 Å². The monoisotopic (exact) mass is 359 g/mol. The van der Waals surface area contributed by atoms with Crippen LogP contribution in [0.2, 0.25) is 0 Å². The van der Waals surface area contributed by atoms with Crippen LogP contribution in [0.4, 0.5) is 0 Å². The van der Waals surface area contributed by atoms with Crippen LogP contribution in [-0.2, 0) is 24.9 Å². The van der Waals surface area contributed by atoms with Crippen LogP contribution >= 0.6 is 0 Å². The number of rotatable bonds is 8. The normalized spacial score (nSPS) is 17.0. The van der Waals surface area contributed by atoms with Gasteiger partial charge in [-0.05, 0) is 25.8 Å². The maximum absolute atomic E-state index is 5.88. The second-order valence-corrected chi connectivity index (χ2v) is 6.87. The Hall–Kier alpha value is -2.05. The van der Waals surface area contributed by atoms with E-state index >= 15 is 0 Å². The molecule has 1 aromatic carbocycles. The average Bonchev–Trinajstić information content (AvgIpc) is 3.24. The van der Waals surface area contributed by atoms with Gasteiger partial charge in [0.1, 0.15) is 0 Å². The van der Waals surface area contributed by atoms with E-state index in [0.29, 0.717) is 6.10 Å². The summed E-state index contributed by atoms with van der Waals surface area (Å²) in [5, 5.41) is 4.48. The molecule has 142 valence electrons. The van der Waals surface area contributed by atoms with Crippen LogP contribution in [0.15, 0.2) is 24.4 Å². The van der Waals surface area contributed by atoms with Gasteiger partial charge in [0.25, 0.3) is 0 Å². The molecule has 1 fully saturated rings. The Bertz CT molecular complexity index is 723. The van der Waals surface area contributed by atoms with Gasteiger partial charge in [0.15, 0.2) is 11.5 Å². The van der Waals surface area contributed by atoms with Crippen molar-refractivity contribution in [1.29, 1.82) is 0 Å². The highest BCUT2D eigenvalue weighted by Crippen LogP contribution is 2.32. The molecule has 2 aromatic rings. The lowest BCUT2D eigenvalue weighted by Gasteiger charge is -2.26. The number of aromatic nitrogens is 2. The predicted octanol–water partition coefficient (Wildman–Crippen LogP) is 2.93. The molecule has 0 aliphatic carbocycles. The van der Waals surface area contributed by atoms with Crippen molar-refractivity contribution in [3.63, 3.8) is 0 Å².